The maximum atomic E-state index is 11.7. The fourth-order valence-electron chi connectivity index (χ4n) is 2.88. The molecule has 19 heavy (non-hydrogen) atoms. The van der Waals surface area contributed by atoms with Crippen LogP contribution in [-0.4, -0.2) is 48.4 Å². The van der Waals surface area contributed by atoms with Gasteiger partial charge in [0.05, 0.1) is 6.61 Å². The van der Waals surface area contributed by atoms with Crippen molar-refractivity contribution in [1.29, 1.82) is 0 Å². The average molecular weight is 289 g/mol. The van der Waals surface area contributed by atoms with E-state index in [1.165, 1.54) is 0 Å². The fraction of sp³-hybridized carbons (Fsp3) is 0.929. The van der Waals surface area contributed by atoms with Crippen LogP contribution in [0.3, 0.4) is 0 Å². The maximum Gasteiger partial charge on any atom is 0.324 e. The Kier molecular flexibility index (Phi) is 7.80. The standard InChI is InChI=1S/C14H27NO3S/c1-3-8-15-14(13(16)17)7-4-5-12(14)6-10-19-11-9-18-2/h12,15H,3-11H2,1-2H3,(H,16,17). The van der Waals surface area contributed by atoms with Crippen molar-refractivity contribution in [2.75, 3.05) is 31.8 Å². The molecule has 0 aromatic rings. The zero-order chi connectivity index (χ0) is 14.1. The number of carboxylic acids is 1. The number of ether oxygens (including phenoxy) is 1. The fourth-order valence-corrected chi connectivity index (χ4v) is 3.82. The highest BCUT2D eigenvalue weighted by Gasteiger charge is 2.48. The summed E-state index contributed by atoms with van der Waals surface area (Å²) in [5.74, 6) is 1.62. The first kappa shape index (κ1) is 16.8. The van der Waals surface area contributed by atoms with E-state index >= 15 is 0 Å². The second-order valence-electron chi connectivity index (χ2n) is 5.19. The molecule has 0 aromatic carbocycles. The molecule has 0 radical (unpaired) electrons. The first-order valence-corrected chi connectivity index (χ1v) is 8.38. The van der Waals surface area contributed by atoms with Crippen molar-refractivity contribution in [3.05, 3.63) is 0 Å². The Balaban J connectivity index is 2.46. The van der Waals surface area contributed by atoms with Crippen molar-refractivity contribution in [3.8, 4) is 0 Å². The summed E-state index contributed by atoms with van der Waals surface area (Å²) in [6.45, 7) is 3.64. The van der Waals surface area contributed by atoms with Gasteiger partial charge in [-0.2, -0.15) is 11.8 Å². The van der Waals surface area contributed by atoms with Gasteiger partial charge in [0, 0.05) is 12.9 Å². The van der Waals surface area contributed by atoms with Crippen LogP contribution < -0.4 is 5.32 Å². The molecule has 1 aliphatic carbocycles. The van der Waals surface area contributed by atoms with Gasteiger partial charge in [-0.1, -0.05) is 13.3 Å². The first-order chi connectivity index (χ1) is 9.17. The number of hydrogen-bond acceptors (Lipinski definition) is 4. The lowest BCUT2D eigenvalue weighted by molar-refractivity contribution is -0.146. The Morgan fingerprint density at radius 3 is 2.95 bits per heavy atom. The number of thioether (sulfide) groups is 1. The van der Waals surface area contributed by atoms with E-state index in [2.05, 4.69) is 12.2 Å². The van der Waals surface area contributed by atoms with Gasteiger partial charge in [0.25, 0.3) is 0 Å². The molecule has 0 aromatic heterocycles. The summed E-state index contributed by atoms with van der Waals surface area (Å²) in [5, 5.41) is 12.9. The molecule has 0 spiro atoms. The summed E-state index contributed by atoms with van der Waals surface area (Å²) in [4.78, 5) is 11.7. The summed E-state index contributed by atoms with van der Waals surface area (Å²) in [7, 11) is 1.71. The third-order valence-electron chi connectivity index (χ3n) is 3.94. The minimum absolute atomic E-state index is 0.270. The summed E-state index contributed by atoms with van der Waals surface area (Å²) >= 11 is 1.86. The van der Waals surface area contributed by atoms with Gasteiger partial charge in [0.1, 0.15) is 5.54 Å². The highest BCUT2D eigenvalue weighted by Crippen LogP contribution is 2.39. The SMILES string of the molecule is CCCNC1(C(=O)O)CCCC1CCSCCOC. The van der Waals surface area contributed by atoms with E-state index in [0.29, 0.717) is 0 Å². The van der Waals surface area contributed by atoms with Gasteiger partial charge >= 0.3 is 5.97 Å². The van der Waals surface area contributed by atoms with Crippen molar-refractivity contribution < 1.29 is 14.6 Å². The second-order valence-corrected chi connectivity index (χ2v) is 6.41. The molecule has 2 N–H and O–H groups in total. The van der Waals surface area contributed by atoms with Crippen molar-refractivity contribution in [2.24, 2.45) is 5.92 Å². The Bertz CT molecular complexity index is 275. The van der Waals surface area contributed by atoms with E-state index < -0.39 is 11.5 Å². The zero-order valence-corrected chi connectivity index (χ0v) is 12.9. The van der Waals surface area contributed by atoms with Gasteiger partial charge in [0.2, 0.25) is 0 Å². The monoisotopic (exact) mass is 289 g/mol. The van der Waals surface area contributed by atoms with Gasteiger partial charge in [-0.25, -0.2) is 0 Å². The third kappa shape index (κ3) is 4.65. The minimum atomic E-state index is -0.669. The maximum absolute atomic E-state index is 11.7. The lowest BCUT2D eigenvalue weighted by Gasteiger charge is -2.32. The smallest absolute Gasteiger partial charge is 0.324 e. The van der Waals surface area contributed by atoms with E-state index in [1.807, 2.05) is 11.8 Å². The lowest BCUT2D eigenvalue weighted by atomic mass is 9.85. The van der Waals surface area contributed by atoms with Gasteiger partial charge < -0.3 is 15.2 Å². The molecule has 0 aliphatic heterocycles. The first-order valence-electron chi connectivity index (χ1n) is 7.22. The quantitative estimate of drug-likeness (QED) is 0.605. The summed E-state index contributed by atoms with van der Waals surface area (Å²) < 4.78 is 5.02. The van der Waals surface area contributed by atoms with Crippen LogP contribution in [0.1, 0.15) is 39.0 Å². The van der Waals surface area contributed by atoms with Crippen LogP contribution in [0.4, 0.5) is 0 Å². The Hall–Kier alpha value is -0.260. The molecule has 4 nitrogen and oxygen atoms in total. The van der Waals surface area contributed by atoms with Crippen molar-refractivity contribution in [2.45, 2.75) is 44.6 Å². The molecule has 5 heteroatoms. The van der Waals surface area contributed by atoms with Gasteiger partial charge in [-0.3, -0.25) is 4.79 Å². The molecule has 1 fully saturated rings. The number of carbonyl (C=O) groups is 1. The van der Waals surface area contributed by atoms with E-state index in [1.54, 1.807) is 7.11 Å². The Labute approximate surface area is 120 Å². The second kappa shape index (κ2) is 8.82. The Morgan fingerprint density at radius 2 is 2.32 bits per heavy atom. The average Bonchev–Trinajstić information content (AvgIpc) is 2.80. The van der Waals surface area contributed by atoms with E-state index in [9.17, 15) is 9.90 Å². The van der Waals surface area contributed by atoms with Gasteiger partial charge in [-0.05, 0) is 43.9 Å². The van der Waals surface area contributed by atoms with Crippen molar-refractivity contribution >= 4 is 17.7 Å². The predicted molar refractivity (Wildman–Crippen MR) is 79.8 cm³/mol. The summed E-state index contributed by atoms with van der Waals surface area (Å²) in [6.07, 6.45) is 4.79. The normalized spacial score (nSPS) is 26.7. The van der Waals surface area contributed by atoms with Gasteiger partial charge in [-0.15, -0.1) is 0 Å². The van der Waals surface area contributed by atoms with Crippen LogP contribution in [0.25, 0.3) is 0 Å². The summed E-state index contributed by atoms with van der Waals surface area (Å²) in [5.41, 5.74) is -0.669. The number of hydrogen-bond donors (Lipinski definition) is 2. The molecule has 0 amide bonds. The van der Waals surface area contributed by atoms with Crippen LogP contribution in [-0.2, 0) is 9.53 Å². The van der Waals surface area contributed by atoms with E-state index in [-0.39, 0.29) is 5.92 Å². The van der Waals surface area contributed by atoms with Crippen LogP contribution >= 0.6 is 11.8 Å². The molecular weight excluding hydrogens is 262 g/mol. The van der Waals surface area contributed by atoms with Crippen molar-refractivity contribution in [1.82, 2.24) is 5.32 Å². The molecule has 0 saturated heterocycles. The number of nitrogens with one attached hydrogen (secondary N) is 1. The molecule has 2 atom stereocenters. The predicted octanol–water partition coefficient (Wildman–Crippen LogP) is 2.38. The number of aliphatic carboxylic acids is 1. The van der Waals surface area contributed by atoms with Crippen LogP contribution in [0.2, 0.25) is 0 Å². The molecule has 1 aliphatic rings. The van der Waals surface area contributed by atoms with Crippen LogP contribution in [0, 0.1) is 5.92 Å². The molecular formula is C14H27NO3S. The lowest BCUT2D eigenvalue weighted by Crippen LogP contribution is -2.55. The number of carboxylic acid groups (broad SMARTS) is 1. The molecule has 0 heterocycles. The molecule has 1 rings (SSSR count). The van der Waals surface area contributed by atoms with Crippen molar-refractivity contribution in [3.63, 3.8) is 0 Å². The topological polar surface area (TPSA) is 58.6 Å². The van der Waals surface area contributed by atoms with Crippen LogP contribution in [0.15, 0.2) is 0 Å². The number of methoxy groups -OCH3 is 1. The minimum Gasteiger partial charge on any atom is -0.480 e. The van der Waals surface area contributed by atoms with Gasteiger partial charge in [0.15, 0.2) is 0 Å². The summed E-state index contributed by atoms with van der Waals surface area (Å²) in [6, 6.07) is 0. The molecule has 112 valence electrons. The van der Waals surface area contributed by atoms with E-state index in [4.69, 9.17) is 4.74 Å². The highest BCUT2D eigenvalue weighted by molar-refractivity contribution is 7.99. The zero-order valence-electron chi connectivity index (χ0n) is 12.1. The Morgan fingerprint density at radius 1 is 1.53 bits per heavy atom. The largest absolute Gasteiger partial charge is 0.480 e. The third-order valence-corrected chi connectivity index (χ3v) is 4.91. The highest BCUT2D eigenvalue weighted by atomic mass is 32.2. The molecule has 1 saturated carbocycles. The van der Waals surface area contributed by atoms with E-state index in [0.717, 1.165) is 56.8 Å². The molecule has 2 unspecified atom stereocenters. The molecule has 0 bridgehead atoms. The van der Waals surface area contributed by atoms with Crippen LogP contribution in [0.5, 0.6) is 0 Å². The number of rotatable bonds is 10.